The van der Waals surface area contributed by atoms with Crippen LogP contribution in [0.25, 0.3) is 22.6 Å². The van der Waals surface area contributed by atoms with E-state index in [4.69, 9.17) is 9.40 Å². The molecule has 0 spiro atoms. The molecule has 4 rings (SSSR count). The van der Waals surface area contributed by atoms with Crippen LogP contribution in [0, 0.1) is 0 Å². The quantitative estimate of drug-likeness (QED) is 0.623. The molecule has 0 bridgehead atoms. The maximum absolute atomic E-state index is 6.17. The Labute approximate surface area is 161 Å². The Morgan fingerprint density at radius 1 is 0.885 bits per heavy atom. The van der Waals surface area contributed by atoms with Gasteiger partial charge in [-0.2, -0.15) is 0 Å². The van der Waals surface area contributed by atoms with Crippen molar-refractivity contribution in [2.75, 3.05) is 6.54 Å². The van der Waals surface area contributed by atoms with Crippen LogP contribution in [0.1, 0.15) is 31.6 Å². The first-order chi connectivity index (χ1) is 12.4. The van der Waals surface area contributed by atoms with Gasteiger partial charge in [-0.3, -0.25) is 0 Å². The monoisotopic (exact) mass is 368 g/mol. The van der Waals surface area contributed by atoms with Crippen LogP contribution < -0.4 is 5.32 Å². The molecule has 0 radical (unpaired) electrons. The Morgan fingerprint density at radius 2 is 1.50 bits per heavy atom. The summed E-state index contributed by atoms with van der Waals surface area (Å²) in [6.07, 6.45) is 6.13. The minimum atomic E-state index is 0. The first kappa shape index (κ1) is 18.7. The van der Waals surface area contributed by atoms with Crippen LogP contribution in [-0.4, -0.2) is 17.6 Å². The minimum absolute atomic E-state index is 0. The molecule has 0 saturated heterocycles. The Kier molecular flexibility index (Phi) is 6.48. The number of rotatable bonds is 6. The van der Waals surface area contributed by atoms with Gasteiger partial charge in [-0.25, -0.2) is 4.98 Å². The van der Waals surface area contributed by atoms with Crippen LogP contribution in [0.5, 0.6) is 0 Å². The molecule has 0 aliphatic heterocycles. The van der Waals surface area contributed by atoms with Crippen LogP contribution in [0.4, 0.5) is 0 Å². The second-order valence-electron chi connectivity index (χ2n) is 6.70. The molecule has 0 amide bonds. The summed E-state index contributed by atoms with van der Waals surface area (Å²) in [5, 5.41) is 3.64. The number of hydrogen-bond acceptors (Lipinski definition) is 3. The molecule has 136 valence electrons. The van der Waals surface area contributed by atoms with E-state index < -0.39 is 0 Å². The van der Waals surface area contributed by atoms with E-state index >= 15 is 0 Å². The van der Waals surface area contributed by atoms with Crippen LogP contribution in [0.15, 0.2) is 65.1 Å². The molecule has 4 heteroatoms. The summed E-state index contributed by atoms with van der Waals surface area (Å²) in [5.74, 6) is 1.67. The summed E-state index contributed by atoms with van der Waals surface area (Å²) in [5.41, 5.74) is 3.10. The summed E-state index contributed by atoms with van der Waals surface area (Å²) < 4.78 is 6.17. The topological polar surface area (TPSA) is 38.1 Å². The molecule has 1 N–H and O–H groups in total. The van der Waals surface area contributed by atoms with Crippen molar-refractivity contribution in [2.45, 2.75) is 38.1 Å². The highest BCUT2D eigenvalue weighted by Gasteiger charge is 2.18. The van der Waals surface area contributed by atoms with E-state index in [1.54, 1.807) is 0 Å². The van der Waals surface area contributed by atoms with E-state index in [2.05, 4.69) is 29.6 Å². The minimum Gasteiger partial charge on any atom is -0.440 e. The summed E-state index contributed by atoms with van der Waals surface area (Å²) >= 11 is 0. The fraction of sp³-hybridized carbons (Fsp3) is 0.318. The average molecular weight is 369 g/mol. The Bertz CT molecular complexity index is 739. The molecule has 0 unspecified atom stereocenters. The Hall–Kier alpha value is -2.10. The SMILES string of the molecule is Cl.c1ccc(-c2nc(CCNC3CCCC3)oc2-c2ccccc2)cc1. The third kappa shape index (κ3) is 4.35. The maximum atomic E-state index is 6.17. The van der Waals surface area contributed by atoms with Gasteiger partial charge in [0, 0.05) is 30.1 Å². The van der Waals surface area contributed by atoms with Crippen LogP contribution in [0.3, 0.4) is 0 Å². The van der Waals surface area contributed by atoms with Gasteiger partial charge in [-0.05, 0) is 12.8 Å². The predicted octanol–water partition coefficient (Wildman–Crippen LogP) is 5.51. The van der Waals surface area contributed by atoms with Gasteiger partial charge >= 0.3 is 0 Å². The summed E-state index contributed by atoms with van der Waals surface area (Å²) in [6.45, 7) is 0.924. The number of nitrogens with one attached hydrogen (secondary N) is 1. The molecule has 3 aromatic rings. The second-order valence-corrected chi connectivity index (χ2v) is 6.70. The molecule has 1 heterocycles. The fourth-order valence-corrected chi connectivity index (χ4v) is 3.56. The maximum Gasteiger partial charge on any atom is 0.196 e. The zero-order chi connectivity index (χ0) is 16.9. The van der Waals surface area contributed by atoms with Gasteiger partial charge in [-0.15, -0.1) is 12.4 Å². The predicted molar refractivity (Wildman–Crippen MR) is 109 cm³/mol. The van der Waals surface area contributed by atoms with E-state index in [0.717, 1.165) is 41.4 Å². The van der Waals surface area contributed by atoms with Gasteiger partial charge in [-0.1, -0.05) is 73.5 Å². The van der Waals surface area contributed by atoms with Crippen molar-refractivity contribution >= 4 is 12.4 Å². The average Bonchev–Trinajstić information content (AvgIpc) is 3.33. The molecule has 1 aromatic heterocycles. The fourth-order valence-electron chi connectivity index (χ4n) is 3.56. The van der Waals surface area contributed by atoms with Crippen LogP contribution >= 0.6 is 12.4 Å². The summed E-state index contributed by atoms with van der Waals surface area (Å²) in [4.78, 5) is 4.81. The summed E-state index contributed by atoms with van der Waals surface area (Å²) in [7, 11) is 0. The Morgan fingerprint density at radius 3 is 2.15 bits per heavy atom. The molecule has 1 saturated carbocycles. The lowest BCUT2D eigenvalue weighted by Crippen LogP contribution is -2.28. The molecule has 3 nitrogen and oxygen atoms in total. The zero-order valence-corrected chi connectivity index (χ0v) is 15.7. The lowest BCUT2D eigenvalue weighted by Gasteiger charge is -2.09. The van der Waals surface area contributed by atoms with Crippen molar-refractivity contribution in [1.82, 2.24) is 10.3 Å². The Balaban J connectivity index is 0.00000196. The highest BCUT2D eigenvalue weighted by molar-refractivity contribution is 5.85. The van der Waals surface area contributed by atoms with Crippen molar-refractivity contribution in [1.29, 1.82) is 0 Å². The summed E-state index contributed by atoms with van der Waals surface area (Å²) in [6, 6.07) is 21.2. The zero-order valence-electron chi connectivity index (χ0n) is 14.9. The normalized spacial score (nSPS) is 14.3. The van der Waals surface area contributed by atoms with Gasteiger partial charge in [0.25, 0.3) is 0 Å². The van der Waals surface area contributed by atoms with E-state index in [9.17, 15) is 0 Å². The first-order valence-electron chi connectivity index (χ1n) is 9.24. The highest BCUT2D eigenvalue weighted by Crippen LogP contribution is 2.32. The van der Waals surface area contributed by atoms with Gasteiger partial charge in [0.05, 0.1) is 0 Å². The van der Waals surface area contributed by atoms with Crippen molar-refractivity contribution in [3.63, 3.8) is 0 Å². The number of halogens is 1. The molecule has 1 aliphatic carbocycles. The molecule has 26 heavy (non-hydrogen) atoms. The number of benzene rings is 2. The van der Waals surface area contributed by atoms with E-state index in [-0.39, 0.29) is 12.4 Å². The van der Waals surface area contributed by atoms with E-state index in [0.29, 0.717) is 6.04 Å². The standard InChI is InChI=1S/C22H24N2O.ClH/c1-3-9-17(10-4-1)21-22(18-11-5-2-6-12-18)25-20(24-21)15-16-23-19-13-7-8-14-19;/h1-6,9-12,19,23H,7-8,13-16H2;1H. The van der Waals surface area contributed by atoms with Crippen molar-refractivity contribution in [3.8, 4) is 22.6 Å². The first-order valence-corrected chi connectivity index (χ1v) is 9.24. The van der Waals surface area contributed by atoms with E-state index in [1.165, 1.54) is 25.7 Å². The lowest BCUT2D eigenvalue weighted by molar-refractivity contribution is 0.470. The smallest absolute Gasteiger partial charge is 0.196 e. The van der Waals surface area contributed by atoms with Crippen LogP contribution in [-0.2, 0) is 6.42 Å². The molecule has 1 fully saturated rings. The third-order valence-corrected chi connectivity index (χ3v) is 4.88. The molecule has 1 aliphatic rings. The second kappa shape index (κ2) is 9.02. The largest absolute Gasteiger partial charge is 0.440 e. The van der Waals surface area contributed by atoms with Crippen LogP contribution in [0.2, 0.25) is 0 Å². The molecular weight excluding hydrogens is 344 g/mol. The van der Waals surface area contributed by atoms with Crippen molar-refractivity contribution < 1.29 is 4.42 Å². The van der Waals surface area contributed by atoms with Gasteiger partial charge in [0.2, 0.25) is 0 Å². The van der Waals surface area contributed by atoms with Crippen molar-refractivity contribution in [2.24, 2.45) is 0 Å². The van der Waals surface area contributed by atoms with Gasteiger partial charge < -0.3 is 9.73 Å². The number of nitrogens with zero attached hydrogens (tertiary/aromatic N) is 1. The van der Waals surface area contributed by atoms with Gasteiger partial charge in [0.15, 0.2) is 11.7 Å². The van der Waals surface area contributed by atoms with Crippen molar-refractivity contribution in [3.05, 3.63) is 66.6 Å². The lowest BCUT2D eigenvalue weighted by atomic mass is 10.1. The number of hydrogen-bond donors (Lipinski definition) is 1. The molecule has 2 aromatic carbocycles. The van der Waals surface area contributed by atoms with Gasteiger partial charge in [0.1, 0.15) is 5.69 Å². The van der Waals surface area contributed by atoms with E-state index in [1.807, 2.05) is 36.4 Å². The number of oxazole rings is 1. The number of aromatic nitrogens is 1. The molecule has 0 atom stereocenters. The molecular formula is C22H25ClN2O. The highest BCUT2D eigenvalue weighted by atomic mass is 35.5. The third-order valence-electron chi connectivity index (χ3n) is 4.88.